The Morgan fingerprint density at radius 3 is 2.43 bits per heavy atom. The molecule has 0 saturated carbocycles. The Bertz CT molecular complexity index is 41.3. The van der Waals surface area contributed by atoms with Crippen molar-refractivity contribution in [2.75, 3.05) is 13.6 Å². The predicted octanol–water partition coefficient (Wildman–Crippen LogP) is -2.12. The van der Waals surface area contributed by atoms with Gasteiger partial charge in [-0.3, -0.25) is 6.54 Å². The zero-order chi connectivity index (χ0) is 4.41. The van der Waals surface area contributed by atoms with Crippen molar-refractivity contribution in [2.45, 2.75) is 12.8 Å². The monoisotopic (exact) mass is 91.1 g/mol. The summed E-state index contributed by atoms with van der Waals surface area (Å²) in [5, 5.41) is 0. The number of hydrogen-bond donors (Lipinski definition) is 0. The molecule has 0 radical (unpaired) electrons. The summed E-state index contributed by atoms with van der Waals surface area (Å²) in [6, 6.07) is 0. The summed E-state index contributed by atoms with van der Waals surface area (Å²) in [6.45, 7) is 3.50. The van der Waals surface area contributed by atoms with Crippen molar-refractivity contribution in [1.82, 2.24) is 4.90 Å². The van der Waals surface area contributed by atoms with Crippen molar-refractivity contribution in [3.05, 3.63) is 6.54 Å². The molecular formula is C5H10LiN. The summed E-state index contributed by atoms with van der Waals surface area (Å²) < 4.78 is 0. The van der Waals surface area contributed by atoms with Crippen LogP contribution in [0.3, 0.4) is 0 Å². The molecule has 0 bridgehead atoms. The molecule has 1 rings (SSSR count). The van der Waals surface area contributed by atoms with Gasteiger partial charge in [0.1, 0.15) is 0 Å². The van der Waals surface area contributed by atoms with Crippen LogP contribution >= 0.6 is 0 Å². The van der Waals surface area contributed by atoms with E-state index in [1.807, 2.05) is 0 Å². The fraction of sp³-hybridized carbons (Fsp3) is 0.800. The van der Waals surface area contributed by atoms with Crippen molar-refractivity contribution < 1.29 is 18.9 Å². The maximum atomic E-state index is 2.24. The van der Waals surface area contributed by atoms with Gasteiger partial charge in [0.2, 0.25) is 0 Å². The van der Waals surface area contributed by atoms with Crippen molar-refractivity contribution >= 4 is 0 Å². The molecule has 1 aliphatic heterocycles. The van der Waals surface area contributed by atoms with Gasteiger partial charge in [0, 0.05) is 0 Å². The van der Waals surface area contributed by atoms with Crippen LogP contribution in [0.15, 0.2) is 0 Å². The first-order chi connectivity index (χ1) is 2.89. The Labute approximate surface area is 57.3 Å². The Kier molecular flexibility index (Phi) is 3.83. The second kappa shape index (κ2) is 3.55. The third-order valence-corrected chi connectivity index (χ3v) is 1.16. The molecular weight excluding hydrogens is 81.0 g/mol. The fourth-order valence-corrected chi connectivity index (χ4v) is 0.744. The summed E-state index contributed by atoms with van der Waals surface area (Å²) in [7, 11) is 2.12. The van der Waals surface area contributed by atoms with Gasteiger partial charge >= 0.3 is 18.9 Å². The molecule has 0 aromatic heterocycles. The minimum Gasteiger partial charge on any atom is -0.459 e. The van der Waals surface area contributed by atoms with Crippen molar-refractivity contribution in [3.63, 3.8) is 0 Å². The molecule has 0 atom stereocenters. The van der Waals surface area contributed by atoms with Crippen LogP contribution in [0.5, 0.6) is 0 Å². The Morgan fingerprint density at radius 2 is 2.29 bits per heavy atom. The van der Waals surface area contributed by atoms with Crippen molar-refractivity contribution in [3.8, 4) is 0 Å². The van der Waals surface area contributed by atoms with Gasteiger partial charge in [-0.25, -0.2) is 0 Å². The minimum atomic E-state index is 0. The summed E-state index contributed by atoms with van der Waals surface area (Å²) in [5.74, 6) is 0. The van der Waals surface area contributed by atoms with Crippen LogP contribution in [0.25, 0.3) is 0 Å². The van der Waals surface area contributed by atoms with Gasteiger partial charge in [-0.2, -0.15) is 6.42 Å². The molecule has 7 heavy (non-hydrogen) atoms. The Hall–Kier alpha value is 0.557. The first-order valence-corrected chi connectivity index (χ1v) is 2.43. The molecule has 0 aromatic rings. The van der Waals surface area contributed by atoms with Crippen molar-refractivity contribution in [2.24, 2.45) is 0 Å². The van der Waals surface area contributed by atoms with E-state index in [1.54, 1.807) is 0 Å². The molecule has 0 aromatic carbocycles. The van der Waals surface area contributed by atoms with Crippen LogP contribution in [0.1, 0.15) is 12.8 Å². The maximum Gasteiger partial charge on any atom is 1.00 e. The standard InChI is InChI=1S/C5H10N.Li/c1-6-4-2-3-5-6;/h4H,2-3,5H2,1H3;/q-1;+1. The largest absolute Gasteiger partial charge is 1.00 e. The van der Waals surface area contributed by atoms with Gasteiger partial charge in [0.15, 0.2) is 0 Å². The van der Waals surface area contributed by atoms with Crippen molar-refractivity contribution in [1.29, 1.82) is 0 Å². The average molecular weight is 91.1 g/mol. The van der Waals surface area contributed by atoms with E-state index >= 15 is 0 Å². The van der Waals surface area contributed by atoms with E-state index < -0.39 is 0 Å². The van der Waals surface area contributed by atoms with Gasteiger partial charge < -0.3 is 4.90 Å². The smallest absolute Gasteiger partial charge is 0.459 e. The van der Waals surface area contributed by atoms with Gasteiger partial charge in [-0.15, -0.1) is 0 Å². The Balaban J connectivity index is 0.000000360. The molecule has 0 amide bonds. The second-order valence-corrected chi connectivity index (χ2v) is 1.81. The van der Waals surface area contributed by atoms with E-state index in [4.69, 9.17) is 0 Å². The summed E-state index contributed by atoms with van der Waals surface area (Å²) in [6.07, 6.45) is 2.65. The topological polar surface area (TPSA) is 3.24 Å². The maximum absolute atomic E-state index is 2.24. The van der Waals surface area contributed by atoms with E-state index in [0.717, 1.165) is 0 Å². The third-order valence-electron chi connectivity index (χ3n) is 1.16. The van der Waals surface area contributed by atoms with Crippen LogP contribution in [0.2, 0.25) is 0 Å². The van der Waals surface area contributed by atoms with E-state index in [1.165, 1.54) is 19.4 Å². The summed E-state index contributed by atoms with van der Waals surface area (Å²) in [5.41, 5.74) is 0. The zero-order valence-electron chi connectivity index (χ0n) is 5.15. The van der Waals surface area contributed by atoms with Gasteiger partial charge in [0.25, 0.3) is 0 Å². The molecule has 0 aliphatic carbocycles. The number of rotatable bonds is 0. The molecule has 1 nitrogen and oxygen atoms in total. The fourth-order valence-electron chi connectivity index (χ4n) is 0.744. The van der Waals surface area contributed by atoms with Crippen LogP contribution in [-0.2, 0) is 0 Å². The average Bonchev–Trinajstić information content (AvgIpc) is 1.86. The minimum absolute atomic E-state index is 0. The third kappa shape index (κ3) is 2.38. The van der Waals surface area contributed by atoms with Crippen LogP contribution in [-0.4, -0.2) is 18.5 Å². The van der Waals surface area contributed by atoms with E-state index in [0.29, 0.717) is 0 Å². The molecule has 1 heterocycles. The van der Waals surface area contributed by atoms with Gasteiger partial charge in [-0.1, -0.05) is 6.42 Å². The first kappa shape index (κ1) is 7.56. The van der Waals surface area contributed by atoms with Crippen LogP contribution in [0, 0.1) is 6.54 Å². The van der Waals surface area contributed by atoms with E-state index in [2.05, 4.69) is 18.5 Å². The molecule has 1 saturated heterocycles. The normalized spacial score (nSPS) is 21.9. The van der Waals surface area contributed by atoms with Gasteiger partial charge in [-0.05, 0) is 13.6 Å². The molecule has 1 fully saturated rings. The number of likely N-dealkylation sites (tertiary alicyclic amines) is 1. The molecule has 36 valence electrons. The van der Waals surface area contributed by atoms with Crippen LogP contribution < -0.4 is 18.9 Å². The van der Waals surface area contributed by atoms with E-state index in [9.17, 15) is 0 Å². The zero-order valence-corrected chi connectivity index (χ0v) is 5.15. The number of hydrogen-bond acceptors (Lipinski definition) is 1. The first-order valence-electron chi connectivity index (χ1n) is 2.43. The molecule has 0 unspecified atom stereocenters. The Morgan fingerprint density at radius 1 is 1.57 bits per heavy atom. The molecule has 0 N–H and O–H groups in total. The quantitative estimate of drug-likeness (QED) is 0.243. The summed E-state index contributed by atoms with van der Waals surface area (Å²) >= 11 is 0. The predicted molar refractivity (Wildman–Crippen MR) is 26.2 cm³/mol. The molecule has 2 heteroatoms. The van der Waals surface area contributed by atoms with E-state index in [-0.39, 0.29) is 18.9 Å². The summed E-state index contributed by atoms with van der Waals surface area (Å²) in [4.78, 5) is 2.24. The van der Waals surface area contributed by atoms with Gasteiger partial charge in [0.05, 0.1) is 0 Å². The molecule has 0 spiro atoms. The SMILES string of the molecule is CN1[CH-]CCC1.[Li+]. The number of nitrogens with zero attached hydrogens (tertiary/aromatic N) is 1. The second-order valence-electron chi connectivity index (χ2n) is 1.81. The van der Waals surface area contributed by atoms with Crippen LogP contribution in [0.4, 0.5) is 0 Å². The molecule has 1 aliphatic rings.